The van der Waals surface area contributed by atoms with Gasteiger partial charge in [-0.25, -0.2) is 0 Å². The van der Waals surface area contributed by atoms with Crippen molar-refractivity contribution < 1.29 is 14.3 Å². The van der Waals surface area contributed by atoms with E-state index < -0.39 is 0 Å². The van der Waals surface area contributed by atoms with Gasteiger partial charge in [-0.3, -0.25) is 4.79 Å². The molecule has 4 rings (SSSR count). The zero-order valence-corrected chi connectivity index (χ0v) is 16.2. The van der Waals surface area contributed by atoms with Crippen LogP contribution in [0.3, 0.4) is 0 Å². The Hall–Kier alpha value is -1.52. The third-order valence-corrected chi connectivity index (χ3v) is 7.04. The SMILES string of the molecule is Cc1cc2occ(CC(=O)N3CCC[C@@]4(CCC[C@H]4O)C3)c2c(C)c1Cl. The van der Waals surface area contributed by atoms with E-state index in [1.165, 1.54) is 0 Å². The molecule has 4 nitrogen and oxygen atoms in total. The van der Waals surface area contributed by atoms with E-state index >= 15 is 0 Å². The molecular weight excluding hydrogens is 350 g/mol. The van der Waals surface area contributed by atoms with Crippen molar-refractivity contribution in [1.29, 1.82) is 0 Å². The van der Waals surface area contributed by atoms with Crippen LogP contribution < -0.4 is 0 Å². The summed E-state index contributed by atoms with van der Waals surface area (Å²) >= 11 is 6.40. The summed E-state index contributed by atoms with van der Waals surface area (Å²) in [7, 11) is 0. The number of hydrogen-bond acceptors (Lipinski definition) is 3. The number of fused-ring (bicyclic) bond motifs is 1. The largest absolute Gasteiger partial charge is 0.464 e. The summed E-state index contributed by atoms with van der Waals surface area (Å²) in [5, 5.41) is 12.1. The molecule has 26 heavy (non-hydrogen) atoms. The molecule has 0 bridgehead atoms. The van der Waals surface area contributed by atoms with Crippen molar-refractivity contribution in [3.05, 3.63) is 34.0 Å². The smallest absolute Gasteiger partial charge is 0.227 e. The topological polar surface area (TPSA) is 53.7 Å². The second-order valence-electron chi connectivity index (χ2n) is 8.13. The lowest BCUT2D eigenvalue weighted by atomic mass is 9.76. The molecule has 1 N–H and O–H groups in total. The summed E-state index contributed by atoms with van der Waals surface area (Å²) < 4.78 is 5.69. The maximum atomic E-state index is 13.0. The Labute approximate surface area is 159 Å². The predicted molar refractivity (Wildman–Crippen MR) is 103 cm³/mol. The maximum absolute atomic E-state index is 13.0. The van der Waals surface area contributed by atoms with Gasteiger partial charge in [0.15, 0.2) is 0 Å². The Morgan fingerprint density at radius 2 is 2.15 bits per heavy atom. The third-order valence-electron chi connectivity index (χ3n) is 6.46. The van der Waals surface area contributed by atoms with E-state index in [9.17, 15) is 9.90 Å². The first-order chi connectivity index (χ1) is 12.4. The first kappa shape index (κ1) is 17.9. The lowest BCUT2D eigenvalue weighted by Crippen LogP contribution is -2.49. The summed E-state index contributed by atoms with van der Waals surface area (Å²) in [6.45, 7) is 5.40. The standard InChI is InChI=1S/C21H26ClNO3/c1-13-9-16-19(14(2)20(13)22)15(11-26-16)10-18(25)23-8-4-7-21(12-23)6-3-5-17(21)24/h9,11,17,24H,3-8,10,12H2,1-2H3/t17-,21+/m1/s1. The van der Waals surface area contributed by atoms with Crippen molar-refractivity contribution in [1.82, 2.24) is 4.90 Å². The van der Waals surface area contributed by atoms with Crippen LogP contribution in [0.4, 0.5) is 0 Å². The first-order valence-corrected chi connectivity index (χ1v) is 9.91. The van der Waals surface area contributed by atoms with E-state index in [0.717, 1.165) is 71.3 Å². The highest BCUT2D eigenvalue weighted by Gasteiger charge is 2.45. The van der Waals surface area contributed by atoms with Gasteiger partial charge in [0.05, 0.1) is 18.8 Å². The van der Waals surface area contributed by atoms with Crippen molar-refractivity contribution in [2.24, 2.45) is 5.41 Å². The van der Waals surface area contributed by atoms with E-state index in [-0.39, 0.29) is 17.4 Å². The highest BCUT2D eigenvalue weighted by atomic mass is 35.5. The number of aliphatic hydroxyl groups excluding tert-OH is 1. The van der Waals surface area contributed by atoms with Crippen LogP contribution in [0.1, 0.15) is 48.8 Å². The minimum absolute atomic E-state index is 0.0806. The molecule has 2 fully saturated rings. The van der Waals surface area contributed by atoms with Gasteiger partial charge in [0.1, 0.15) is 5.58 Å². The van der Waals surface area contributed by atoms with Crippen molar-refractivity contribution in [2.45, 2.75) is 58.5 Å². The molecule has 0 unspecified atom stereocenters. The minimum atomic E-state index is -0.267. The fourth-order valence-electron chi connectivity index (χ4n) is 4.98. The summed E-state index contributed by atoms with van der Waals surface area (Å²) in [5.41, 5.74) is 3.56. The fourth-order valence-corrected chi connectivity index (χ4v) is 5.13. The van der Waals surface area contributed by atoms with Crippen LogP contribution in [0.25, 0.3) is 11.0 Å². The van der Waals surface area contributed by atoms with Gasteiger partial charge in [-0.15, -0.1) is 0 Å². The normalized spacial score (nSPS) is 26.2. The van der Waals surface area contributed by atoms with Crippen molar-refractivity contribution >= 4 is 28.5 Å². The van der Waals surface area contributed by atoms with Crippen LogP contribution >= 0.6 is 11.6 Å². The van der Waals surface area contributed by atoms with Gasteiger partial charge in [0, 0.05) is 34.5 Å². The number of rotatable bonds is 2. The van der Waals surface area contributed by atoms with Crippen molar-refractivity contribution in [3.63, 3.8) is 0 Å². The lowest BCUT2D eigenvalue weighted by Gasteiger charge is -2.42. The average Bonchev–Trinajstić information content (AvgIpc) is 3.17. The molecule has 2 aromatic rings. The van der Waals surface area contributed by atoms with Crippen LogP contribution in [0.15, 0.2) is 16.7 Å². The van der Waals surface area contributed by atoms with Gasteiger partial charge in [0.2, 0.25) is 5.91 Å². The Morgan fingerprint density at radius 3 is 2.88 bits per heavy atom. The number of piperidine rings is 1. The number of carbonyl (C=O) groups excluding carboxylic acids is 1. The van der Waals surface area contributed by atoms with Gasteiger partial charge in [-0.05, 0) is 56.7 Å². The molecule has 0 radical (unpaired) electrons. The molecule has 1 aromatic carbocycles. The maximum Gasteiger partial charge on any atom is 0.227 e. The average molecular weight is 376 g/mol. The predicted octanol–water partition coefficient (Wildman–Crippen LogP) is 4.40. The Balaban J connectivity index is 1.57. The molecule has 1 saturated heterocycles. The van der Waals surface area contributed by atoms with Gasteiger partial charge in [-0.1, -0.05) is 18.0 Å². The summed E-state index contributed by atoms with van der Waals surface area (Å²) in [5.74, 6) is 0.113. The summed E-state index contributed by atoms with van der Waals surface area (Å²) in [6.07, 6.45) is 6.70. The van der Waals surface area contributed by atoms with Crippen LogP contribution in [-0.4, -0.2) is 35.1 Å². The monoisotopic (exact) mass is 375 g/mol. The van der Waals surface area contributed by atoms with E-state index in [4.69, 9.17) is 16.0 Å². The molecule has 5 heteroatoms. The second-order valence-corrected chi connectivity index (χ2v) is 8.51. The van der Waals surface area contributed by atoms with Gasteiger partial charge in [0.25, 0.3) is 0 Å². The number of nitrogens with zero attached hydrogens (tertiary/aromatic N) is 1. The molecule has 1 aromatic heterocycles. The van der Waals surface area contributed by atoms with Gasteiger partial charge in [-0.2, -0.15) is 0 Å². The van der Waals surface area contributed by atoms with Gasteiger partial charge < -0.3 is 14.4 Å². The number of benzene rings is 1. The molecule has 2 aliphatic rings. The molecule has 1 spiro atoms. The molecule has 1 saturated carbocycles. The van der Waals surface area contributed by atoms with Crippen LogP contribution in [0.2, 0.25) is 5.02 Å². The summed E-state index contributed by atoms with van der Waals surface area (Å²) in [4.78, 5) is 14.9. The highest BCUT2D eigenvalue weighted by Crippen LogP contribution is 2.45. The van der Waals surface area contributed by atoms with Crippen LogP contribution in [0.5, 0.6) is 0 Å². The number of hydrogen-bond donors (Lipinski definition) is 1. The fraction of sp³-hybridized carbons (Fsp3) is 0.571. The second kappa shape index (κ2) is 6.58. The number of carbonyl (C=O) groups is 1. The Morgan fingerprint density at radius 1 is 1.38 bits per heavy atom. The number of furan rings is 1. The number of halogens is 1. The number of aliphatic hydroxyl groups is 1. The molecule has 1 aliphatic heterocycles. The van der Waals surface area contributed by atoms with Crippen molar-refractivity contribution in [2.75, 3.05) is 13.1 Å². The number of aryl methyl sites for hydroxylation is 2. The molecule has 140 valence electrons. The van der Waals surface area contributed by atoms with E-state index in [2.05, 4.69) is 0 Å². The van der Waals surface area contributed by atoms with Crippen LogP contribution in [-0.2, 0) is 11.2 Å². The number of likely N-dealkylation sites (tertiary alicyclic amines) is 1. The first-order valence-electron chi connectivity index (χ1n) is 9.53. The zero-order chi connectivity index (χ0) is 18.5. The Kier molecular flexibility index (Phi) is 4.52. The van der Waals surface area contributed by atoms with E-state index in [1.807, 2.05) is 24.8 Å². The number of amides is 1. The van der Waals surface area contributed by atoms with Crippen LogP contribution in [0, 0.1) is 19.3 Å². The molecular formula is C21H26ClNO3. The zero-order valence-electron chi connectivity index (χ0n) is 15.5. The van der Waals surface area contributed by atoms with Crippen molar-refractivity contribution in [3.8, 4) is 0 Å². The Bertz CT molecular complexity index is 859. The lowest BCUT2D eigenvalue weighted by molar-refractivity contribution is -0.135. The molecule has 1 amide bonds. The molecule has 1 aliphatic carbocycles. The van der Waals surface area contributed by atoms with E-state index in [0.29, 0.717) is 13.0 Å². The van der Waals surface area contributed by atoms with E-state index in [1.54, 1.807) is 6.26 Å². The molecule has 2 atom stereocenters. The molecule has 2 heterocycles. The summed E-state index contributed by atoms with van der Waals surface area (Å²) in [6, 6.07) is 1.93. The van der Waals surface area contributed by atoms with Gasteiger partial charge >= 0.3 is 0 Å². The highest BCUT2D eigenvalue weighted by molar-refractivity contribution is 6.33. The third kappa shape index (κ3) is 2.84. The quantitative estimate of drug-likeness (QED) is 0.846. The minimum Gasteiger partial charge on any atom is -0.464 e.